The molecular weight excluding hydrogens is 379 g/mol. The van der Waals surface area contributed by atoms with Crippen LogP contribution in [0.1, 0.15) is 47.8 Å². The molecule has 0 fully saturated rings. The van der Waals surface area contributed by atoms with Gasteiger partial charge in [-0.15, -0.1) is 0 Å². The molecule has 3 aromatic rings. The number of benzene rings is 3. The highest BCUT2D eigenvalue weighted by Crippen LogP contribution is 2.22. The third-order valence-corrected chi connectivity index (χ3v) is 4.57. The summed E-state index contributed by atoms with van der Waals surface area (Å²) in [6.07, 6.45) is 1.57. The van der Waals surface area contributed by atoms with Crippen molar-refractivity contribution in [1.29, 1.82) is 0 Å². The van der Waals surface area contributed by atoms with E-state index in [0.717, 1.165) is 11.1 Å². The molecule has 0 aliphatic heterocycles. The number of ether oxygens (including phenoxy) is 1. The Hall–Kier alpha value is -3.47. The smallest absolute Gasteiger partial charge is 0.271 e. The van der Waals surface area contributed by atoms with Crippen LogP contribution in [0.25, 0.3) is 0 Å². The standard InChI is InChI=1S/C25H25FN2O2/c1-25(2,3)21-11-9-20(10-12-21)24(29)28-27-16-18-7-13-23(14-8-18)30-17-19-5-4-6-22(26)15-19/h4-16H,17H2,1-3H3,(H,28,29). The van der Waals surface area contributed by atoms with E-state index in [2.05, 4.69) is 31.3 Å². The fourth-order valence-corrected chi connectivity index (χ4v) is 2.80. The molecule has 154 valence electrons. The molecule has 0 aromatic heterocycles. The largest absolute Gasteiger partial charge is 0.489 e. The van der Waals surface area contributed by atoms with E-state index >= 15 is 0 Å². The van der Waals surface area contributed by atoms with Crippen molar-refractivity contribution in [2.75, 3.05) is 0 Å². The topological polar surface area (TPSA) is 50.7 Å². The number of rotatable bonds is 6. The van der Waals surface area contributed by atoms with Gasteiger partial charge in [-0.1, -0.05) is 45.0 Å². The van der Waals surface area contributed by atoms with E-state index in [9.17, 15) is 9.18 Å². The van der Waals surface area contributed by atoms with E-state index < -0.39 is 0 Å². The fourth-order valence-electron chi connectivity index (χ4n) is 2.80. The second-order valence-corrected chi connectivity index (χ2v) is 8.01. The molecule has 0 saturated carbocycles. The Labute approximate surface area is 176 Å². The van der Waals surface area contributed by atoms with E-state index in [0.29, 0.717) is 11.3 Å². The van der Waals surface area contributed by atoms with Gasteiger partial charge in [0.25, 0.3) is 5.91 Å². The molecule has 0 spiro atoms. The summed E-state index contributed by atoms with van der Waals surface area (Å²) in [6.45, 7) is 6.67. The van der Waals surface area contributed by atoms with Crippen LogP contribution in [0.5, 0.6) is 5.75 Å². The van der Waals surface area contributed by atoms with Crippen molar-refractivity contribution < 1.29 is 13.9 Å². The molecule has 3 aromatic carbocycles. The Kier molecular flexibility index (Phi) is 6.62. The zero-order chi connectivity index (χ0) is 21.6. The average Bonchev–Trinajstić information content (AvgIpc) is 2.72. The van der Waals surface area contributed by atoms with Crippen LogP contribution in [0.3, 0.4) is 0 Å². The van der Waals surface area contributed by atoms with Crippen LogP contribution in [-0.2, 0) is 12.0 Å². The number of carbonyl (C=O) groups is 1. The molecule has 0 bridgehead atoms. The van der Waals surface area contributed by atoms with Gasteiger partial charge >= 0.3 is 0 Å². The predicted molar refractivity (Wildman–Crippen MR) is 117 cm³/mol. The van der Waals surface area contributed by atoms with Crippen molar-refractivity contribution in [2.45, 2.75) is 32.8 Å². The molecule has 1 N–H and O–H groups in total. The van der Waals surface area contributed by atoms with Crippen molar-refractivity contribution in [3.63, 3.8) is 0 Å². The maximum absolute atomic E-state index is 13.2. The summed E-state index contributed by atoms with van der Waals surface area (Å²) in [5.74, 6) is 0.121. The molecule has 0 heterocycles. The summed E-state index contributed by atoms with van der Waals surface area (Å²) in [5, 5.41) is 4.02. The lowest BCUT2D eigenvalue weighted by atomic mass is 9.87. The van der Waals surface area contributed by atoms with Gasteiger partial charge in [0.05, 0.1) is 6.21 Å². The number of nitrogens with one attached hydrogen (secondary N) is 1. The van der Waals surface area contributed by atoms with E-state index in [1.807, 2.05) is 30.3 Å². The van der Waals surface area contributed by atoms with Crippen molar-refractivity contribution in [3.05, 3.63) is 101 Å². The summed E-state index contributed by atoms with van der Waals surface area (Å²) in [4.78, 5) is 12.2. The highest BCUT2D eigenvalue weighted by atomic mass is 19.1. The van der Waals surface area contributed by atoms with Gasteiger partial charge in [-0.05, 0) is 70.6 Å². The van der Waals surface area contributed by atoms with E-state index in [-0.39, 0.29) is 23.7 Å². The molecule has 4 nitrogen and oxygen atoms in total. The number of amides is 1. The maximum atomic E-state index is 13.2. The molecule has 0 saturated heterocycles. The van der Waals surface area contributed by atoms with Crippen LogP contribution in [0.2, 0.25) is 0 Å². The molecule has 0 aliphatic rings. The molecule has 1 amide bonds. The van der Waals surface area contributed by atoms with Crippen LogP contribution in [0, 0.1) is 5.82 Å². The van der Waals surface area contributed by atoms with Crippen molar-refractivity contribution >= 4 is 12.1 Å². The van der Waals surface area contributed by atoms with Crippen molar-refractivity contribution in [3.8, 4) is 5.75 Å². The van der Waals surface area contributed by atoms with Crippen LogP contribution < -0.4 is 10.2 Å². The lowest BCUT2D eigenvalue weighted by Gasteiger charge is -2.18. The molecule has 0 radical (unpaired) electrons. The average molecular weight is 404 g/mol. The van der Waals surface area contributed by atoms with E-state index in [1.54, 1.807) is 36.5 Å². The van der Waals surface area contributed by atoms with Gasteiger partial charge in [0.15, 0.2) is 0 Å². The monoisotopic (exact) mass is 404 g/mol. The van der Waals surface area contributed by atoms with Crippen LogP contribution >= 0.6 is 0 Å². The lowest BCUT2D eigenvalue weighted by Crippen LogP contribution is -2.18. The minimum Gasteiger partial charge on any atom is -0.489 e. The quantitative estimate of drug-likeness (QED) is 0.438. The molecule has 0 aliphatic carbocycles. The Balaban J connectivity index is 1.51. The first-order valence-corrected chi connectivity index (χ1v) is 9.72. The minimum absolute atomic E-state index is 0.0420. The lowest BCUT2D eigenvalue weighted by molar-refractivity contribution is 0.0955. The molecular formula is C25H25FN2O2. The SMILES string of the molecule is CC(C)(C)c1ccc(C(=O)NN=Cc2ccc(OCc3cccc(F)c3)cc2)cc1. The van der Waals surface area contributed by atoms with Crippen molar-refractivity contribution in [1.82, 2.24) is 5.43 Å². The summed E-state index contributed by atoms with van der Waals surface area (Å²) in [5.41, 5.74) is 5.88. The second-order valence-electron chi connectivity index (χ2n) is 8.01. The molecule has 5 heteroatoms. The Morgan fingerprint density at radius 2 is 1.73 bits per heavy atom. The van der Waals surface area contributed by atoms with E-state index in [1.165, 1.54) is 17.7 Å². The Morgan fingerprint density at radius 3 is 2.37 bits per heavy atom. The molecule has 3 rings (SSSR count). The second kappa shape index (κ2) is 9.35. The zero-order valence-electron chi connectivity index (χ0n) is 17.4. The summed E-state index contributed by atoms with van der Waals surface area (Å²) in [6, 6.07) is 21.1. The highest BCUT2D eigenvalue weighted by Gasteiger charge is 2.14. The van der Waals surface area contributed by atoms with Crippen LogP contribution in [-0.4, -0.2) is 12.1 Å². The number of hydrogen-bond acceptors (Lipinski definition) is 3. The normalized spacial score (nSPS) is 11.5. The first-order valence-electron chi connectivity index (χ1n) is 9.72. The van der Waals surface area contributed by atoms with Gasteiger partial charge in [-0.25, -0.2) is 9.82 Å². The number of hydrogen-bond donors (Lipinski definition) is 1. The van der Waals surface area contributed by atoms with E-state index in [4.69, 9.17) is 4.74 Å². The molecule has 0 unspecified atom stereocenters. The maximum Gasteiger partial charge on any atom is 0.271 e. The Bertz CT molecular complexity index is 1020. The van der Waals surface area contributed by atoms with Gasteiger partial charge in [0.2, 0.25) is 0 Å². The Morgan fingerprint density at radius 1 is 1.03 bits per heavy atom. The summed E-state index contributed by atoms with van der Waals surface area (Å²) in [7, 11) is 0. The highest BCUT2D eigenvalue weighted by molar-refractivity contribution is 5.94. The number of hydrazone groups is 1. The fraction of sp³-hybridized carbons (Fsp3) is 0.200. The number of carbonyl (C=O) groups excluding carboxylic acids is 1. The minimum atomic E-state index is -0.283. The summed E-state index contributed by atoms with van der Waals surface area (Å²) >= 11 is 0. The van der Waals surface area contributed by atoms with Crippen LogP contribution in [0.4, 0.5) is 4.39 Å². The first kappa shape index (κ1) is 21.2. The van der Waals surface area contributed by atoms with Gasteiger partial charge in [0, 0.05) is 5.56 Å². The predicted octanol–water partition coefficient (Wildman–Crippen LogP) is 5.47. The summed E-state index contributed by atoms with van der Waals surface area (Å²) < 4.78 is 18.8. The van der Waals surface area contributed by atoms with Gasteiger partial charge < -0.3 is 4.74 Å². The third kappa shape index (κ3) is 6.01. The molecule has 30 heavy (non-hydrogen) atoms. The van der Waals surface area contributed by atoms with Crippen molar-refractivity contribution in [2.24, 2.45) is 5.10 Å². The van der Waals surface area contributed by atoms with Gasteiger partial charge in [-0.2, -0.15) is 5.10 Å². The van der Waals surface area contributed by atoms with Crippen LogP contribution in [0.15, 0.2) is 77.9 Å². The van der Waals surface area contributed by atoms with Gasteiger partial charge in [-0.3, -0.25) is 4.79 Å². The van der Waals surface area contributed by atoms with Gasteiger partial charge in [0.1, 0.15) is 18.2 Å². The number of halogens is 1. The zero-order valence-corrected chi connectivity index (χ0v) is 17.4. The molecule has 0 atom stereocenters. The first-order chi connectivity index (χ1) is 14.3. The number of nitrogens with zero attached hydrogens (tertiary/aromatic N) is 1. The third-order valence-electron chi connectivity index (χ3n) is 4.57.